The Kier molecular flexibility index (Phi) is 10.5. The van der Waals surface area contributed by atoms with E-state index in [1.54, 1.807) is 36.0 Å². The molecule has 4 N–H and O–H groups in total. The van der Waals surface area contributed by atoms with Crippen molar-refractivity contribution in [1.82, 2.24) is 0 Å². The summed E-state index contributed by atoms with van der Waals surface area (Å²) in [6.45, 7) is 0.117. The Morgan fingerprint density at radius 1 is 0.786 bits per heavy atom. The maximum absolute atomic E-state index is 12.6. The molecular weight excluding hydrogens is 552 g/mol. The van der Waals surface area contributed by atoms with Gasteiger partial charge in [-0.05, 0) is 59.7 Å². The molecule has 1 saturated heterocycles. The van der Waals surface area contributed by atoms with E-state index in [1.807, 2.05) is 78.9 Å². The van der Waals surface area contributed by atoms with Crippen molar-refractivity contribution in [3.63, 3.8) is 0 Å². The highest BCUT2D eigenvalue weighted by molar-refractivity contribution is 7.99. The number of benzene rings is 4. The molecule has 4 aromatic carbocycles. The van der Waals surface area contributed by atoms with E-state index in [2.05, 4.69) is 10.6 Å². The normalized spacial score (nSPS) is 18.3. The van der Waals surface area contributed by atoms with Gasteiger partial charge in [-0.25, -0.2) is 4.79 Å². The first-order chi connectivity index (χ1) is 20.6. The van der Waals surface area contributed by atoms with Crippen LogP contribution in [0.1, 0.15) is 35.5 Å². The summed E-state index contributed by atoms with van der Waals surface area (Å²) >= 11 is 1.65. The van der Waals surface area contributed by atoms with Crippen LogP contribution in [0.5, 0.6) is 11.5 Å². The number of anilines is 2. The summed E-state index contributed by atoms with van der Waals surface area (Å²) in [5, 5.41) is 24.3. The van der Waals surface area contributed by atoms with Crippen molar-refractivity contribution >= 4 is 29.2 Å². The Bertz CT molecular complexity index is 1400. The largest absolute Gasteiger partial charge is 0.457 e. The van der Waals surface area contributed by atoms with Gasteiger partial charge in [-0.15, -0.1) is 0 Å². The molecule has 1 aliphatic heterocycles. The first-order valence-corrected chi connectivity index (χ1v) is 15.0. The van der Waals surface area contributed by atoms with Crippen LogP contribution < -0.4 is 15.4 Å². The molecule has 4 aromatic rings. The van der Waals surface area contributed by atoms with E-state index < -0.39 is 6.29 Å². The molecule has 3 atom stereocenters. The number of carbonyl (C=O) groups is 1. The average Bonchev–Trinajstić information content (AvgIpc) is 3.03. The SMILES string of the molecule is O=C(Nc1ccc(Oc2ccccc2)cc1)Nc1ccc(C2OC(CSCCO)CC(c3ccc(CO)cc3)O2)cc1. The lowest BCUT2D eigenvalue weighted by Crippen LogP contribution is -2.31. The second-order valence-electron chi connectivity index (χ2n) is 9.79. The number of rotatable bonds is 11. The van der Waals surface area contributed by atoms with Crippen molar-refractivity contribution in [2.45, 2.75) is 31.5 Å². The monoisotopic (exact) mass is 586 g/mol. The third kappa shape index (κ3) is 8.34. The third-order valence-corrected chi connectivity index (χ3v) is 7.76. The fourth-order valence-corrected chi connectivity index (χ4v) is 5.32. The average molecular weight is 587 g/mol. The molecule has 42 heavy (non-hydrogen) atoms. The van der Waals surface area contributed by atoms with Crippen LogP contribution in [0, 0.1) is 0 Å². The van der Waals surface area contributed by atoms with Crippen LogP contribution in [0.25, 0.3) is 0 Å². The topological polar surface area (TPSA) is 109 Å². The number of ether oxygens (including phenoxy) is 3. The zero-order chi connectivity index (χ0) is 29.1. The molecule has 1 heterocycles. The van der Waals surface area contributed by atoms with E-state index in [0.717, 1.165) is 28.2 Å². The molecule has 0 aliphatic carbocycles. The van der Waals surface area contributed by atoms with Gasteiger partial charge < -0.3 is 35.1 Å². The van der Waals surface area contributed by atoms with Crippen molar-refractivity contribution in [2.24, 2.45) is 0 Å². The first kappa shape index (κ1) is 29.6. The van der Waals surface area contributed by atoms with Crippen molar-refractivity contribution in [2.75, 3.05) is 28.7 Å². The van der Waals surface area contributed by atoms with Crippen LogP contribution in [-0.2, 0) is 16.1 Å². The molecule has 1 fully saturated rings. The molecule has 0 saturated carbocycles. The van der Waals surface area contributed by atoms with Gasteiger partial charge in [0.05, 0.1) is 25.4 Å². The summed E-state index contributed by atoms with van der Waals surface area (Å²) in [6.07, 6.45) is -0.132. The van der Waals surface area contributed by atoms with Gasteiger partial charge in [0.25, 0.3) is 0 Å². The Hall–Kier alpha value is -3.86. The second-order valence-corrected chi connectivity index (χ2v) is 10.9. The highest BCUT2D eigenvalue weighted by atomic mass is 32.2. The van der Waals surface area contributed by atoms with Crippen LogP contribution in [0.3, 0.4) is 0 Å². The van der Waals surface area contributed by atoms with Crippen molar-refractivity contribution in [3.05, 3.63) is 120 Å². The third-order valence-electron chi connectivity index (χ3n) is 6.69. The molecule has 0 aromatic heterocycles. The number of hydrogen-bond donors (Lipinski definition) is 4. The number of nitrogens with one attached hydrogen (secondary N) is 2. The molecule has 0 bridgehead atoms. The lowest BCUT2D eigenvalue weighted by Gasteiger charge is -2.36. The van der Waals surface area contributed by atoms with Gasteiger partial charge in [0, 0.05) is 34.9 Å². The minimum atomic E-state index is -0.583. The quantitative estimate of drug-likeness (QED) is 0.142. The molecule has 8 nitrogen and oxygen atoms in total. The summed E-state index contributed by atoms with van der Waals surface area (Å²) in [5.74, 6) is 2.81. The Balaban J connectivity index is 1.18. The minimum absolute atomic E-state index is 0.00757. The van der Waals surface area contributed by atoms with Gasteiger partial charge in [-0.3, -0.25) is 0 Å². The summed E-state index contributed by atoms with van der Waals surface area (Å²) in [7, 11) is 0. The summed E-state index contributed by atoms with van der Waals surface area (Å²) in [5.41, 5.74) is 3.97. The number of aliphatic hydroxyl groups excluding tert-OH is 2. The Morgan fingerprint density at radius 3 is 2.05 bits per heavy atom. The molecular formula is C33H34N2O6S. The summed E-state index contributed by atoms with van der Waals surface area (Å²) in [6, 6.07) is 31.4. The van der Waals surface area contributed by atoms with Gasteiger partial charge in [-0.1, -0.05) is 54.6 Å². The van der Waals surface area contributed by atoms with Gasteiger partial charge in [0.2, 0.25) is 0 Å². The van der Waals surface area contributed by atoms with Crippen molar-refractivity contribution in [3.8, 4) is 11.5 Å². The van der Waals surface area contributed by atoms with Crippen LogP contribution >= 0.6 is 11.8 Å². The van der Waals surface area contributed by atoms with Crippen molar-refractivity contribution < 1.29 is 29.2 Å². The first-order valence-electron chi connectivity index (χ1n) is 13.8. The number of hydrogen-bond acceptors (Lipinski definition) is 7. The van der Waals surface area contributed by atoms with E-state index >= 15 is 0 Å². The smallest absolute Gasteiger partial charge is 0.323 e. The van der Waals surface area contributed by atoms with E-state index in [4.69, 9.17) is 14.2 Å². The molecule has 0 spiro atoms. The summed E-state index contributed by atoms with van der Waals surface area (Å²) < 4.78 is 18.4. The fourth-order valence-electron chi connectivity index (χ4n) is 4.55. The fraction of sp³-hybridized carbons (Fsp3) is 0.242. The van der Waals surface area contributed by atoms with Crippen molar-refractivity contribution in [1.29, 1.82) is 0 Å². The number of thioether (sulfide) groups is 1. The van der Waals surface area contributed by atoms with Crippen LogP contribution in [0.4, 0.5) is 16.2 Å². The molecule has 9 heteroatoms. The van der Waals surface area contributed by atoms with E-state index in [1.165, 1.54) is 0 Å². The van der Waals surface area contributed by atoms with Crippen LogP contribution in [-0.4, -0.2) is 40.5 Å². The maximum atomic E-state index is 12.6. The van der Waals surface area contributed by atoms with E-state index in [9.17, 15) is 15.0 Å². The molecule has 3 unspecified atom stereocenters. The van der Waals surface area contributed by atoms with Gasteiger partial charge in [0.15, 0.2) is 6.29 Å². The van der Waals surface area contributed by atoms with Crippen LogP contribution in [0.15, 0.2) is 103 Å². The highest BCUT2D eigenvalue weighted by Gasteiger charge is 2.32. The number of urea groups is 1. The molecule has 0 radical (unpaired) electrons. The van der Waals surface area contributed by atoms with Gasteiger partial charge >= 0.3 is 6.03 Å². The highest BCUT2D eigenvalue weighted by Crippen LogP contribution is 2.39. The number of aliphatic hydroxyl groups is 2. The zero-order valence-corrected chi connectivity index (χ0v) is 23.8. The van der Waals surface area contributed by atoms with Gasteiger partial charge in [-0.2, -0.15) is 11.8 Å². The minimum Gasteiger partial charge on any atom is -0.457 e. The predicted octanol–water partition coefficient (Wildman–Crippen LogP) is 6.89. The Morgan fingerprint density at radius 2 is 1.40 bits per heavy atom. The van der Waals surface area contributed by atoms with Crippen LogP contribution in [0.2, 0.25) is 0 Å². The predicted molar refractivity (Wildman–Crippen MR) is 165 cm³/mol. The number of carbonyl (C=O) groups excluding carboxylic acids is 1. The van der Waals surface area contributed by atoms with E-state index in [0.29, 0.717) is 29.3 Å². The standard InChI is InChI=1S/C33H34N2O6S/c36-18-19-42-22-30-20-31(24-8-6-23(21-37)7-9-24)41-32(40-30)25-10-12-26(13-11-25)34-33(38)35-27-14-16-29(17-15-27)39-28-4-2-1-3-5-28/h1-17,30-32,36-37H,18-22H2,(H2,34,35,38). The lowest BCUT2D eigenvalue weighted by molar-refractivity contribution is -0.245. The molecule has 2 amide bonds. The Labute approximate surface area is 249 Å². The molecule has 1 aliphatic rings. The lowest BCUT2D eigenvalue weighted by atomic mass is 10.0. The molecule has 5 rings (SSSR count). The maximum Gasteiger partial charge on any atom is 0.323 e. The summed E-state index contributed by atoms with van der Waals surface area (Å²) in [4.78, 5) is 12.6. The van der Waals surface area contributed by atoms with Gasteiger partial charge in [0.1, 0.15) is 11.5 Å². The number of para-hydroxylation sites is 1. The number of amides is 2. The zero-order valence-electron chi connectivity index (χ0n) is 23.0. The van der Waals surface area contributed by atoms with E-state index in [-0.39, 0.29) is 31.5 Å². The second kappa shape index (κ2) is 14.9. The molecule has 218 valence electrons.